The molecule has 57 heavy (non-hydrogen) atoms. The minimum absolute atomic E-state index is 0.00790. The monoisotopic (exact) mass is 826 g/mol. The van der Waals surface area contributed by atoms with E-state index in [0.717, 1.165) is 24.0 Å². The Kier molecular flexibility index (Phi) is 13.2. The molecule has 0 fully saturated rings. The van der Waals surface area contributed by atoms with Crippen molar-refractivity contribution in [3.63, 3.8) is 0 Å². The van der Waals surface area contributed by atoms with Crippen LogP contribution in [0.1, 0.15) is 65.5 Å². The second-order valence-electron chi connectivity index (χ2n) is 14.0. The molecular weight excluding hydrogens is 782 g/mol. The van der Waals surface area contributed by atoms with Crippen LogP contribution in [0.15, 0.2) is 144 Å². The molecule has 0 saturated heterocycles. The number of hydrogen-bond donors (Lipinski definition) is 0. The molecule has 0 N–H and O–H groups in total. The van der Waals surface area contributed by atoms with Crippen LogP contribution in [0, 0.1) is 0 Å². The van der Waals surface area contributed by atoms with Gasteiger partial charge in [0, 0.05) is 49.1 Å². The Morgan fingerprint density at radius 2 is 0.789 bits per heavy atom. The van der Waals surface area contributed by atoms with E-state index in [4.69, 9.17) is 27.1 Å². The average molecular weight is 827 g/mol. The highest BCUT2D eigenvalue weighted by Crippen LogP contribution is 2.49. The summed E-state index contributed by atoms with van der Waals surface area (Å²) in [6.07, 6.45) is 7.74. The maximum Gasteiger partial charge on any atom is 0.532 e. The van der Waals surface area contributed by atoms with Gasteiger partial charge in [0.2, 0.25) is 33.4 Å². The van der Waals surface area contributed by atoms with Crippen LogP contribution < -0.4 is 27.1 Å². The molecule has 0 aliphatic rings. The SMILES string of the molecule is CCC(C)(C)c1ccc(OP(Oc2ccccn2)Oc2ccccn2)c(S(=O)(=O)c2cc(C(C)(C)CC)ccc2OP(Oc2ccccn2)Oc2ccccn2)c1. The molecule has 0 unspecified atom stereocenters. The summed E-state index contributed by atoms with van der Waals surface area (Å²) in [5.41, 5.74) is 0.774. The third kappa shape index (κ3) is 10.5. The van der Waals surface area contributed by atoms with Crippen LogP contribution in [0.5, 0.6) is 35.0 Å². The van der Waals surface area contributed by atoms with E-state index in [1.165, 1.54) is 0 Å². The molecule has 296 valence electrons. The van der Waals surface area contributed by atoms with Crippen molar-refractivity contribution in [2.75, 3.05) is 0 Å². The Morgan fingerprint density at radius 3 is 1.05 bits per heavy atom. The fourth-order valence-corrected chi connectivity index (χ4v) is 8.72. The summed E-state index contributed by atoms with van der Waals surface area (Å²) in [6.45, 7) is 12.3. The highest BCUT2D eigenvalue weighted by molar-refractivity contribution is 7.91. The molecule has 0 atom stereocenters. The van der Waals surface area contributed by atoms with Crippen LogP contribution in [0.3, 0.4) is 0 Å². The molecule has 0 spiro atoms. The van der Waals surface area contributed by atoms with Gasteiger partial charge in [-0.1, -0.05) is 77.9 Å². The van der Waals surface area contributed by atoms with Gasteiger partial charge in [0.15, 0.2) is 0 Å². The normalized spacial score (nSPS) is 11.9. The van der Waals surface area contributed by atoms with Crippen LogP contribution in [-0.4, -0.2) is 28.4 Å². The van der Waals surface area contributed by atoms with E-state index in [0.29, 0.717) is 0 Å². The zero-order chi connectivity index (χ0) is 40.5. The fraction of sp³-hybridized carbons (Fsp3) is 0.238. The van der Waals surface area contributed by atoms with Gasteiger partial charge in [0.25, 0.3) is 0 Å². The van der Waals surface area contributed by atoms with Gasteiger partial charge in [-0.15, -0.1) is 0 Å². The number of rotatable bonds is 18. The maximum absolute atomic E-state index is 15.4. The van der Waals surface area contributed by atoms with Gasteiger partial charge in [-0.2, -0.15) is 0 Å². The Balaban J connectivity index is 1.49. The van der Waals surface area contributed by atoms with E-state index in [2.05, 4.69) is 47.6 Å². The standard InChI is InChI=1S/C42H44N4O8P2S/c1-7-41(3,4)31-21-23-33(49-55(51-37-17-9-13-25-43-37)52-38-18-10-14-26-44-38)35(29-31)57(47,48)36-30-32(42(5,6)8-2)22-24-34(36)50-56(53-39-19-11-15-27-45-39)54-40-20-12-16-28-46-40/h9-30H,7-8H2,1-6H3. The molecule has 4 heterocycles. The smallest absolute Gasteiger partial charge is 0.407 e. The lowest BCUT2D eigenvalue weighted by molar-refractivity contribution is 0.372. The van der Waals surface area contributed by atoms with Crippen LogP contribution in [0.25, 0.3) is 0 Å². The first-order valence-corrected chi connectivity index (χ1v) is 21.9. The fourth-order valence-electron chi connectivity index (χ4n) is 5.14. The van der Waals surface area contributed by atoms with Crippen molar-refractivity contribution in [3.8, 4) is 35.0 Å². The minimum Gasteiger partial charge on any atom is -0.407 e. The van der Waals surface area contributed by atoms with Crippen molar-refractivity contribution in [3.05, 3.63) is 145 Å². The Labute approximate surface area is 336 Å². The lowest BCUT2D eigenvalue weighted by Gasteiger charge is -2.27. The van der Waals surface area contributed by atoms with Crippen molar-refractivity contribution in [1.29, 1.82) is 0 Å². The van der Waals surface area contributed by atoms with Gasteiger partial charge >= 0.3 is 17.2 Å². The van der Waals surface area contributed by atoms with Crippen molar-refractivity contribution >= 4 is 27.0 Å². The van der Waals surface area contributed by atoms with Gasteiger partial charge < -0.3 is 27.1 Å². The molecule has 0 amide bonds. The van der Waals surface area contributed by atoms with Crippen LogP contribution in [-0.2, 0) is 20.7 Å². The molecule has 2 aromatic carbocycles. The van der Waals surface area contributed by atoms with Crippen LogP contribution in [0.2, 0.25) is 0 Å². The van der Waals surface area contributed by atoms with E-state index in [1.54, 1.807) is 122 Å². The first-order chi connectivity index (χ1) is 27.4. The minimum atomic E-state index is -4.48. The summed E-state index contributed by atoms with van der Waals surface area (Å²) in [6, 6.07) is 30.8. The third-order valence-electron chi connectivity index (χ3n) is 9.37. The Morgan fingerprint density at radius 1 is 0.474 bits per heavy atom. The lowest BCUT2D eigenvalue weighted by Crippen LogP contribution is -2.18. The van der Waals surface area contributed by atoms with Crippen LogP contribution >= 0.6 is 17.2 Å². The largest absolute Gasteiger partial charge is 0.532 e. The molecular formula is C42H44N4O8P2S. The average Bonchev–Trinajstić information content (AvgIpc) is 3.22. The van der Waals surface area contributed by atoms with E-state index in [9.17, 15) is 0 Å². The second-order valence-corrected chi connectivity index (χ2v) is 17.8. The number of nitrogens with zero attached hydrogens (tertiary/aromatic N) is 4. The van der Waals surface area contributed by atoms with Crippen molar-refractivity contribution < 1.29 is 35.6 Å². The van der Waals surface area contributed by atoms with Gasteiger partial charge in [-0.3, -0.25) is 0 Å². The highest BCUT2D eigenvalue weighted by Gasteiger charge is 2.35. The molecule has 0 saturated carbocycles. The van der Waals surface area contributed by atoms with E-state index >= 15 is 8.42 Å². The van der Waals surface area contributed by atoms with Gasteiger partial charge in [-0.05, 0) is 83.3 Å². The topological polar surface area (TPSA) is 141 Å². The van der Waals surface area contributed by atoms with Crippen molar-refractivity contribution in [2.24, 2.45) is 0 Å². The predicted molar refractivity (Wildman–Crippen MR) is 220 cm³/mol. The summed E-state index contributed by atoms with van der Waals surface area (Å²) in [7, 11) is -9.16. The molecule has 0 bridgehead atoms. The quantitative estimate of drug-likeness (QED) is 0.0761. The van der Waals surface area contributed by atoms with Gasteiger partial charge in [0.1, 0.15) is 21.3 Å². The molecule has 0 aliphatic carbocycles. The summed E-state index contributed by atoms with van der Waals surface area (Å²) in [5.74, 6) is 0.844. The van der Waals surface area contributed by atoms with E-state index < -0.39 is 37.9 Å². The van der Waals surface area contributed by atoms with E-state index in [1.807, 2.05) is 26.0 Å². The third-order valence-corrected chi connectivity index (χ3v) is 13.2. The maximum atomic E-state index is 15.4. The van der Waals surface area contributed by atoms with Crippen molar-refractivity contribution in [2.45, 2.75) is 75.0 Å². The van der Waals surface area contributed by atoms with Gasteiger partial charge in [0.05, 0.1) is 0 Å². The highest BCUT2D eigenvalue weighted by atomic mass is 32.2. The van der Waals surface area contributed by atoms with Crippen molar-refractivity contribution in [1.82, 2.24) is 19.9 Å². The summed E-state index contributed by atoms with van der Waals surface area (Å²) in [4.78, 5) is 16.8. The number of aromatic nitrogens is 4. The zero-order valence-electron chi connectivity index (χ0n) is 32.5. The molecule has 0 radical (unpaired) electrons. The first-order valence-electron chi connectivity index (χ1n) is 18.2. The number of benzene rings is 2. The molecule has 6 rings (SSSR count). The number of sulfone groups is 1. The second kappa shape index (κ2) is 18.3. The molecule has 12 nitrogen and oxygen atoms in total. The lowest BCUT2D eigenvalue weighted by atomic mass is 9.82. The predicted octanol–water partition coefficient (Wildman–Crippen LogP) is 11.0. The molecule has 15 heteroatoms. The zero-order valence-corrected chi connectivity index (χ0v) is 35.1. The number of pyridine rings is 4. The van der Waals surface area contributed by atoms with Gasteiger partial charge in [-0.25, -0.2) is 28.4 Å². The Hall–Kier alpha value is -5.35. The van der Waals surface area contributed by atoms with E-state index in [-0.39, 0.29) is 44.8 Å². The summed E-state index contributed by atoms with van der Waals surface area (Å²) in [5, 5.41) is 0. The molecule has 0 aliphatic heterocycles. The summed E-state index contributed by atoms with van der Waals surface area (Å²) < 4.78 is 68.1. The summed E-state index contributed by atoms with van der Waals surface area (Å²) >= 11 is 0. The Bertz CT molecular complexity index is 2090. The first kappa shape index (κ1) is 41.3. The molecule has 6 aromatic rings. The number of hydrogen-bond acceptors (Lipinski definition) is 12. The molecule has 4 aromatic heterocycles. The van der Waals surface area contributed by atoms with Crippen LogP contribution in [0.4, 0.5) is 0 Å².